The van der Waals surface area contributed by atoms with Crippen molar-refractivity contribution in [2.24, 2.45) is 0 Å². The topological polar surface area (TPSA) is 38.3 Å². The molecule has 5 heteroatoms. The zero-order valence-electron chi connectivity index (χ0n) is 11.4. The summed E-state index contributed by atoms with van der Waals surface area (Å²) in [4.78, 5) is 11.6. The fourth-order valence-corrected chi connectivity index (χ4v) is 3.78. The van der Waals surface area contributed by atoms with Crippen LogP contribution in [-0.4, -0.2) is 30.1 Å². The van der Waals surface area contributed by atoms with Crippen molar-refractivity contribution < 1.29 is 9.53 Å². The molecule has 0 saturated heterocycles. The van der Waals surface area contributed by atoms with Gasteiger partial charge in [-0.1, -0.05) is 12.8 Å². The summed E-state index contributed by atoms with van der Waals surface area (Å²) >= 11 is 4.23. The van der Waals surface area contributed by atoms with Gasteiger partial charge in [-0.2, -0.15) is 11.8 Å². The van der Waals surface area contributed by atoms with E-state index < -0.39 is 0 Å². The number of carbonyl (C=O) groups excluding carboxylic acids is 1. The number of benzene rings is 1. The molecule has 0 unspecified atom stereocenters. The van der Waals surface area contributed by atoms with Crippen molar-refractivity contribution in [1.82, 2.24) is 5.32 Å². The van der Waals surface area contributed by atoms with Gasteiger partial charge in [0, 0.05) is 21.1 Å². The molecule has 1 aromatic rings. The molecule has 2 rings (SSSR count). The van der Waals surface area contributed by atoms with E-state index in [9.17, 15) is 4.79 Å². The molecule has 0 bridgehead atoms. The number of thioether (sulfide) groups is 1. The van der Waals surface area contributed by atoms with Crippen LogP contribution < -0.4 is 10.1 Å². The first-order valence-corrected chi connectivity index (χ1v) is 9.13. The van der Waals surface area contributed by atoms with Crippen LogP contribution in [0, 0.1) is 3.57 Å². The predicted octanol–water partition coefficient (Wildman–Crippen LogP) is 3.46. The SMILES string of the molecule is O=C(COc1ccc(I)cc1)NCCSC1CCCC1. The minimum absolute atomic E-state index is 0.0458. The molecule has 1 saturated carbocycles. The quantitative estimate of drug-likeness (QED) is 0.558. The Hall–Kier alpha value is -0.430. The van der Waals surface area contributed by atoms with Crippen molar-refractivity contribution in [1.29, 1.82) is 0 Å². The lowest BCUT2D eigenvalue weighted by Gasteiger charge is -2.10. The third kappa shape index (κ3) is 5.91. The lowest BCUT2D eigenvalue weighted by molar-refractivity contribution is -0.122. The van der Waals surface area contributed by atoms with E-state index in [4.69, 9.17) is 4.74 Å². The van der Waals surface area contributed by atoms with E-state index in [1.807, 2.05) is 36.0 Å². The third-order valence-corrected chi connectivity index (χ3v) is 5.37. The van der Waals surface area contributed by atoms with Gasteiger partial charge in [0.05, 0.1) is 0 Å². The number of rotatable bonds is 7. The van der Waals surface area contributed by atoms with Crippen molar-refractivity contribution >= 4 is 40.3 Å². The second-order valence-electron chi connectivity index (χ2n) is 4.87. The highest BCUT2D eigenvalue weighted by molar-refractivity contribution is 14.1. The van der Waals surface area contributed by atoms with Gasteiger partial charge in [0.15, 0.2) is 6.61 Å². The van der Waals surface area contributed by atoms with E-state index >= 15 is 0 Å². The zero-order chi connectivity index (χ0) is 14.2. The number of hydrogen-bond acceptors (Lipinski definition) is 3. The summed E-state index contributed by atoms with van der Waals surface area (Å²) in [6, 6.07) is 7.69. The molecule has 1 fully saturated rings. The zero-order valence-corrected chi connectivity index (χ0v) is 14.4. The van der Waals surface area contributed by atoms with Gasteiger partial charge in [-0.25, -0.2) is 0 Å². The summed E-state index contributed by atoms with van der Waals surface area (Å²) in [6.45, 7) is 0.824. The Labute approximate surface area is 138 Å². The molecule has 1 aromatic carbocycles. The Morgan fingerprint density at radius 2 is 2.00 bits per heavy atom. The molecule has 0 radical (unpaired) electrons. The summed E-state index contributed by atoms with van der Waals surface area (Å²) in [6.07, 6.45) is 5.42. The molecule has 0 atom stereocenters. The third-order valence-electron chi connectivity index (χ3n) is 3.26. The molecule has 0 heterocycles. The summed E-state index contributed by atoms with van der Waals surface area (Å²) in [5.41, 5.74) is 0. The number of halogens is 1. The molecular formula is C15H20INO2S. The highest BCUT2D eigenvalue weighted by Crippen LogP contribution is 2.28. The fraction of sp³-hybridized carbons (Fsp3) is 0.533. The van der Waals surface area contributed by atoms with Gasteiger partial charge in [0.25, 0.3) is 5.91 Å². The maximum absolute atomic E-state index is 11.6. The van der Waals surface area contributed by atoms with Gasteiger partial charge in [0.1, 0.15) is 5.75 Å². The molecule has 1 N–H and O–H groups in total. The minimum Gasteiger partial charge on any atom is -0.484 e. The second-order valence-corrected chi connectivity index (χ2v) is 7.52. The molecule has 20 heavy (non-hydrogen) atoms. The molecule has 0 aromatic heterocycles. The summed E-state index contributed by atoms with van der Waals surface area (Å²) in [7, 11) is 0. The van der Waals surface area contributed by atoms with Gasteiger partial charge in [0.2, 0.25) is 0 Å². The Morgan fingerprint density at radius 1 is 1.30 bits per heavy atom. The van der Waals surface area contributed by atoms with Crippen LogP contribution in [0.25, 0.3) is 0 Å². The van der Waals surface area contributed by atoms with Gasteiger partial charge >= 0.3 is 0 Å². The minimum atomic E-state index is -0.0458. The molecule has 0 aliphatic heterocycles. The van der Waals surface area contributed by atoms with Crippen LogP contribution in [0.5, 0.6) is 5.75 Å². The number of amides is 1. The van der Waals surface area contributed by atoms with Crippen LogP contribution in [0.3, 0.4) is 0 Å². The number of carbonyl (C=O) groups is 1. The van der Waals surface area contributed by atoms with Crippen molar-refractivity contribution in [3.63, 3.8) is 0 Å². The predicted molar refractivity (Wildman–Crippen MR) is 92.4 cm³/mol. The molecule has 1 aliphatic carbocycles. The first kappa shape index (κ1) is 15.9. The van der Waals surface area contributed by atoms with Crippen molar-refractivity contribution in [2.45, 2.75) is 30.9 Å². The van der Waals surface area contributed by atoms with Gasteiger partial charge < -0.3 is 10.1 Å². The Morgan fingerprint density at radius 3 is 2.70 bits per heavy atom. The van der Waals surface area contributed by atoms with Gasteiger partial charge in [-0.3, -0.25) is 4.79 Å². The number of ether oxygens (including phenoxy) is 1. The van der Waals surface area contributed by atoms with E-state index in [0.717, 1.165) is 26.9 Å². The highest BCUT2D eigenvalue weighted by atomic mass is 127. The summed E-state index contributed by atoms with van der Waals surface area (Å²) in [5, 5.41) is 3.72. The van der Waals surface area contributed by atoms with Crippen molar-refractivity contribution in [2.75, 3.05) is 18.9 Å². The summed E-state index contributed by atoms with van der Waals surface area (Å²) < 4.78 is 6.59. The van der Waals surface area contributed by atoms with Gasteiger partial charge in [-0.05, 0) is 59.7 Å². The molecule has 0 spiro atoms. The van der Waals surface area contributed by atoms with E-state index in [-0.39, 0.29) is 12.5 Å². The van der Waals surface area contributed by atoms with Crippen LogP contribution in [0.4, 0.5) is 0 Å². The molecule has 1 aliphatic rings. The van der Waals surface area contributed by atoms with Crippen molar-refractivity contribution in [3.8, 4) is 5.75 Å². The fourth-order valence-electron chi connectivity index (χ4n) is 2.20. The number of hydrogen-bond donors (Lipinski definition) is 1. The molecular weight excluding hydrogens is 385 g/mol. The Bertz CT molecular complexity index is 418. The average Bonchev–Trinajstić information content (AvgIpc) is 2.96. The first-order chi connectivity index (χ1) is 9.74. The molecule has 110 valence electrons. The maximum Gasteiger partial charge on any atom is 0.257 e. The largest absolute Gasteiger partial charge is 0.484 e. The summed E-state index contributed by atoms with van der Waals surface area (Å²) in [5.74, 6) is 1.69. The van der Waals surface area contributed by atoms with Gasteiger partial charge in [-0.15, -0.1) is 0 Å². The first-order valence-electron chi connectivity index (χ1n) is 7.01. The average molecular weight is 405 g/mol. The normalized spacial score (nSPS) is 15.2. The highest BCUT2D eigenvalue weighted by Gasteiger charge is 2.14. The molecule has 3 nitrogen and oxygen atoms in total. The van der Waals surface area contributed by atoms with E-state index in [1.165, 1.54) is 25.7 Å². The van der Waals surface area contributed by atoms with Crippen LogP contribution in [0.2, 0.25) is 0 Å². The smallest absolute Gasteiger partial charge is 0.257 e. The van der Waals surface area contributed by atoms with E-state index in [2.05, 4.69) is 27.9 Å². The van der Waals surface area contributed by atoms with Crippen LogP contribution >= 0.6 is 34.4 Å². The second kappa shape index (κ2) is 8.77. The lowest BCUT2D eigenvalue weighted by Crippen LogP contribution is -2.30. The van der Waals surface area contributed by atoms with E-state index in [1.54, 1.807) is 0 Å². The monoisotopic (exact) mass is 405 g/mol. The number of nitrogens with one attached hydrogen (secondary N) is 1. The Balaban J connectivity index is 1.54. The standard InChI is InChI=1S/C15H20INO2S/c16-12-5-7-13(8-6-12)19-11-15(18)17-9-10-20-14-3-1-2-4-14/h5-8,14H,1-4,9-11H2,(H,17,18). The molecule has 1 amide bonds. The maximum atomic E-state index is 11.6. The van der Waals surface area contributed by atoms with E-state index in [0.29, 0.717) is 0 Å². The van der Waals surface area contributed by atoms with Crippen LogP contribution in [0.15, 0.2) is 24.3 Å². The lowest BCUT2D eigenvalue weighted by atomic mass is 10.3. The van der Waals surface area contributed by atoms with Crippen LogP contribution in [0.1, 0.15) is 25.7 Å². The van der Waals surface area contributed by atoms with Crippen molar-refractivity contribution in [3.05, 3.63) is 27.8 Å². The Kier molecular flexibility index (Phi) is 6.99. The van der Waals surface area contributed by atoms with Crippen LogP contribution in [-0.2, 0) is 4.79 Å².